The van der Waals surface area contributed by atoms with Crippen LogP contribution < -0.4 is 11.1 Å². The molecule has 0 saturated carbocycles. The van der Waals surface area contributed by atoms with Crippen LogP contribution in [-0.2, 0) is 14.3 Å². The van der Waals surface area contributed by atoms with Crippen molar-refractivity contribution in [2.45, 2.75) is 26.1 Å². The molecule has 0 saturated heterocycles. The number of amides is 3. The molecular weight excluding hydrogens is 276 g/mol. The molecule has 0 spiro atoms. The average molecular weight is 294 g/mol. The Balaban J connectivity index is 2.77. The molecule has 7 heteroatoms. The van der Waals surface area contributed by atoms with Crippen molar-refractivity contribution < 1.29 is 24.2 Å². The number of urea groups is 1. The maximum absolute atomic E-state index is 11.9. The highest BCUT2D eigenvalue weighted by molar-refractivity contribution is 5.97. The van der Waals surface area contributed by atoms with Crippen LogP contribution in [0, 0.1) is 5.92 Å². The van der Waals surface area contributed by atoms with E-state index in [0.717, 1.165) is 0 Å². The van der Waals surface area contributed by atoms with E-state index in [-0.39, 0.29) is 0 Å². The number of aliphatic hydroxyl groups excluding tert-OH is 1. The highest BCUT2D eigenvalue weighted by Crippen LogP contribution is 2.17. The van der Waals surface area contributed by atoms with Gasteiger partial charge in [0, 0.05) is 0 Å². The molecule has 0 aromatic heterocycles. The highest BCUT2D eigenvalue weighted by atomic mass is 16.6. The monoisotopic (exact) mass is 294 g/mol. The van der Waals surface area contributed by atoms with Crippen molar-refractivity contribution in [2.24, 2.45) is 11.7 Å². The molecule has 114 valence electrons. The van der Waals surface area contributed by atoms with Crippen LogP contribution in [0.4, 0.5) is 4.79 Å². The zero-order valence-electron chi connectivity index (χ0n) is 11.8. The predicted octanol–water partition coefficient (Wildman–Crippen LogP) is 0.483. The van der Waals surface area contributed by atoms with E-state index >= 15 is 0 Å². The number of esters is 1. The summed E-state index contributed by atoms with van der Waals surface area (Å²) >= 11 is 0. The Labute approximate surface area is 122 Å². The maximum atomic E-state index is 11.9. The normalized spacial score (nSPS) is 13.3. The van der Waals surface area contributed by atoms with Crippen LogP contribution in [0.3, 0.4) is 0 Å². The summed E-state index contributed by atoms with van der Waals surface area (Å²) < 4.78 is 4.98. The fourth-order valence-electron chi connectivity index (χ4n) is 1.65. The lowest BCUT2D eigenvalue weighted by atomic mass is 10.1. The number of carbonyl (C=O) groups is 3. The highest BCUT2D eigenvalue weighted by Gasteiger charge is 2.30. The van der Waals surface area contributed by atoms with Crippen molar-refractivity contribution in [3.8, 4) is 0 Å². The lowest BCUT2D eigenvalue weighted by Crippen LogP contribution is -2.46. The van der Waals surface area contributed by atoms with Gasteiger partial charge < -0.3 is 15.6 Å². The van der Waals surface area contributed by atoms with E-state index < -0.39 is 36.0 Å². The molecule has 3 amide bonds. The van der Waals surface area contributed by atoms with Gasteiger partial charge in [0.15, 0.2) is 12.2 Å². The molecule has 2 atom stereocenters. The summed E-state index contributed by atoms with van der Waals surface area (Å²) in [6.07, 6.45) is -2.72. The van der Waals surface area contributed by atoms with Gasteiger partial charge >= 0.3 is 12.0 Å². The minimum Gasteiger partial charge on any atom is -0.450 e. The molecule has 1 aromatic rings. The number of nitrogens with two attached hydrogens (primary N) is 1. The van der Waals surface area contributed by atoms with Crippen LogP contribution in [0.1, 0.15) is 25.5 Å². The Morgan fingerprint density at radius 2 is 1.76 bits per heavy atom. The predicted molar refractivity (Wildman–Crippen MR) is 73.8 cm³/mol. The van der Waals surface area contributed by atoms with Crippen LogP contribution in [0.15, 0.2) is 30.3 Å². The van der Waals surface area contributed by atoms with Gasteiger partial charge in [-0.1, -0.05) is 44.2 Å². The molecule has 0 radical (unpaired) electrons. The average Bonchev–Trinajstić information content (AvgIpc) is 2.43. The van der Waals surface area contributed by atoms with E-state index in [2.05, 4.69) is 0 Å². The van der Waals surface area contributed by atoms with Crippen molar-refractivity contribution in [1.29, 1.82) is 0 Å². The van der Waals surface area contributed by atoms with Gasteiger partial charge in [0.25, 0.3) is 5.91 Å². The lowest BCUT2D eigenvalue weighted by Gasteiger charge is -2.21. The number of hydrogen-bond acceptors (Lipinski definition) is 5. The number of carbonyl (C=O) groups excluding carboxylic acids is 3. The standard InChI is InChI=1S/C14H18N2O5/c1-8(2)11(12(18)16-14(15)20)21-13(19)10(17)9-6-4-3-5-7-9/h3-8,10-11,17H,1-2H3,(H3,15,16,18,20)/t10-,11-/m0/s1. The fraction of sp³-hybridized carbons (Fsp3) is 0.357. The molecule has 1 aromatic carbocycles. The second-order valence-electron chi connectivity index (χ2n) is 4.77. The zero-order chi connectivity index (χ0) is 16.0. The van der Waals surface area contributed by atoms with Crippen molar-refractivity contribution in [1.82, 2.24) is 5.32 Å². The summed E-state index contributed by atoms with van der Waals surface area (Å²) in [5, 5.41) is 11.7. The third-order valence-electron chi connectivity index (χ3n) is 2.69. The molecule has 0 fully saturated rings. The lowest BCUT2D eigenvalue weighted by molar-refractivity contribution is -0.166. The number of hydrogen-bond donors (Lipinski definition) is 3. The number of aliphatic hydroxyl groups is 1. The summed E-state index contributed by atoms with van der Waals surface area (Å²) in [6.45, 7) is 3.26. The molecule has 0 aliphatic heterocycles. The van der Waals surface area contributed by atoms with E-state index in [9.17, 15) is 19.5 Å². The quantitative estimate of drug-likeness (QED) is 0.683. The van der Waals surface area contributed by atoms with Gasteiger partial charge in [-0.3, -0.25) is 10.1 Å². The Kier molecular flexibility index (Phi) is 5.86. The first kappa shape index (κ1) is 16.6. The summed E-state index contributed by atoms with van der Waals surface area (Å²) in [5.41, 5.74) is 5.20. The van der Waals surface area contributed by atoms with Gasteiger partial charge in [0.05, 0.1) is 0 Å². The topological polar surface area (TPSA) is 119 Å². The third kappa shape index (κ3) is 4.88. The van der Waals surface area contributed by atoms with Gasteiger partial charge in [0.1, 0.15) is 0 Å². The van der Waals surface area contributed by atoms with Crippen LogP contribution in [0.5, 0.6) is 0 Å². The van der Waals surface area contributed by atoms with Crippen molar-refractivity contribution in [3.05, 3.63) is 35.9 Å². The molecule has 0 heterocycles. The van der Waals surface area contributed by atoms with Crippen LogP contribution >= 0.6 is 0 Å². The van der Waals surface area contributed by atoms with Crippen LogP contribution in [-0.4, -0.2) is 29.1 Å². The van der Waals surface area contributed by atoms with E-state index in [0.29, 0.717) is 5.56 Å². The Bertz CT molecular complexity index is 515. The van der Waals surface area contributed by atoms with E-state index in [1.54, 1.807) is 44.2 Å². The Hall–Kier alpha value is -2.41. The van der Waals surface area contributed by atoms with Gasteiger partial charge in [-0.2, -0.15) is 0 Å². The minimum absolute atomic E-state index is 0.348. The molecule has 1 rings (SSSR count). The first-order chi connectivity index (χ1) is 9.82. The smallest absolute Gasteiger partial charge is 0.340 e. The molecule has 0 unspecified atom stereocenters. The maximum Gasteiger partial charge on any atom is 0.340 e. The fourth-order valence-corrected chi connectivity index (χ4v) is 1.65. The van der Waals surface area contributed by atoms with Crippen LogP contribution in [0.25, 0.3) is 0 Å². The minimum atomic E-state index is -1.51. The molecule has 21 heavy (non-hydrogen) atoms. The summed E-state index contributed by atoms with van der Waals surface area (Å²) in [7, 11) is 0. The number of benzene rings is 1. The Morgan fingerprint density at radius 1 is 1.19 bits per heavy atom. The number of imide groups is 1. The third-order valence-corrected chi connectivity index (χ3v) is 2.69. The van der Waals surface area contributed by atoms with Crippen molar-refractivity contribution in [2.75, 3.05) is 0 Å². The largest absolute Gasteiger partial charge is 0.450 e. The van der Waals surface area contributed by atoms with Gasteiger partial charge in [0.2, 0.25) is 0 Å². The second kappa shape index (κ2) is 7.39. The van der Waals surface area contributed by atoms with Crippen molar-refractivity contribution in [3.63, 3.8) is 0 Å². The van der Waals surface area contributed by atoms with Gasteiger partial charge in [-0.05, 0) is 11.5 Å². The molecule has 4 N–H and O–H groups in total. The second-order valence-corrected chi connectivity index (χ2v) is 4.77. The molecule has 0 aliphatic carbocycles. The van der Waals surface area contributed by atoms with Crippen LogP contribution in [0.2, 0.25) is 0 Å². The summed E-state index contributed by atoms with van der Waals surface area (Å²) in [6, 6.07) is 7.13. The van der Waals surface area contributed by atoms with E-state index in [1.165, 1.54) is 0 Å². The summed E-state index contributed by atoms with van der Waals surface area (Å²) in [5.74, 6) is -2.19. The van der Waals surface area contributed by atoms with Gasteiger partial charge in [-0.15, -0.1) is 0 Å². The number of rotatable bonds is 5. The molecular formula is C14H18N2O5. The summed E-state index contributed by atoms with van der Waals surface area (Å²) in [4.78, 5) is 34.3. The van der Waals surface area contributed by atoms with Crippen molar-refractivity contribution >= 4 is 17.9 Å². The van der Waals surface area contributed by atoms with E-state index in [1.807, 2.05) is 5.32 Å². The Morgan fingerprint density at radius 3 is 2.24 bits per heavy atom. The van der Waals surface area contributed by atoms with Gasteiger partial charge in [-0.25, -0.2) is 9.59 Å². The molecule has 0 aliphatic rings. The zero-order valence-corrected chi connectivity index (χ0v) is 11.8. The molecule has 0 bridgehead atoms. The van der Waals surface area contributed by atoms with E-state index in [4.69, 9.17) is 10.5 Å². The first-order valence-corrected chi connectivity index (χ1v) is 6.36. The SMILES string of the molecule is CC(C)[C@H](OC(=O)[C@@H](O)c1ccccc1)C(=O)NC(N)=O. The number of nitrogens with one attached hydrogen (secondary N) is 1. The number of ether oxygens (including phenoxy) is 1. The number of primary amides is 1. The first-order valence-electron chi connectivity index (χ1n) is 6.36. The molecule has 7 nitrogen and oxygen atoms in total.